The van der Waals surface area contributed by atoms with Gasteiger partial charge in [0, 0.05) is 43.3 Å². The van der Waals surface area contributed by atoms with Crippen molar-refractivity contribution in [3.8, 4) is 0 Å². The zero-order valence-corrected chi connectivity index (χ0v) is 21.1. The van der Waals surface area contributed by atoms with Crippen LogP contribution < -0.4 is 0 Å². The molecule has 6 unspecified atom stereocenters. The van der Waals surface area contributed by atoms with Gasteiger partial charge < -0.3 is 20.0 Å². The van der Waals surface area contributed by atoms with E-state index in [1.54, 1.807) is 25.9 Å². The van der Waals surface area contributed by atoms with Crippen molar-refractivity contribution in [2.75, 3.05) is 20.6 Å². The number of carbonyl (C=O) groups excluding carboxylic acids is 2. The molecule has 0 saturated carbocycles. The lowest BCUT2D eigenvalue weighted by molar-refractivity contribution is -0.163. The second kappa shape index (κ2) is 9.36. The molecule has 8 nitrogen and oxygen atoms in total. The normalized spacial score (nSPS) is 29.8. The quantitative estimate of drug-likeness (QED) is 0.567. The Bertz CT molecular complexity index is 1020. The average molecular weight is 488 g/mol. The number of carbonyl (C=O) groups is 3. The smallest absolute Gasteiger partial charge is 0.353 e. The highest BCUT2D eigenvalue weighted by molar-refractivity contribution is 8.03. The standard InChI is InChI=1S/C25H33N3O5S/c1-13-6-8-16(9-7-13)11-27-12-17(10-18(27)23(30)26(4)5)34-22-14(2)20-19(15(3)29)24(31)28(20)21(22)25(32)33/h6-9,14-15,17-20,29H,10-12H2,1-5H3,(H,32,33). The number of aliphatic hydroxyl groups excluding tert-OH is 1. The fourth-order valence-corrected chi connectivity index (χ4v) is 7.02. The van der Waals surface area contributed by atoms with Gasteiger partial charge in [-0.3, -0.25) is 14.5 Å². The third-order valence-corrected chi connectivity index (χ3v) is 8.70. The zero-order chi connectivity index (χ0) is 24.9. The van der Waals surface area contributed by atoms with Crippen LogP contribution in [0.1, 0.15) is 31.4 Å². The first kappa shape index (κ1) is 24.8. The van der Waals surface area contributed by atoms with E-state index >= 15 is 0 Å². The Hall–Kier alpha value is -2.36. The SMILES string of the molecule is Cc1ccc(CN2CC(SC3=C(C(=O)O)N4C(=O)C(C(C)O)C4C3C)CC2C(=O)N(C)C)cc1. The molecule has 1 aromatic rings. The monoisotopic (exact) mass is 487 g/mol. The molecule has 3 heterocycles. The van der Waals surface area contributed by atoms with Crippen LogP contribution in [0.3, 0.4) is 0 Å². The first-order chi connectivity index (χ1) is 16.0. The number of likely N-dealkylation sites (tertiary alicyclic amines) is 1. The van der Waals surface area contributed by atoms with E-state index in [9.17, 15) is 24.6 Å². The molecule has 2 N–H and O–H groups in total. The van der Waals surface area contributed by atoms with E-state index in [1.165, 1.54) is 22.2 Å². The van der Waals surface area contributed by atoms with E-state index in [4.69, 9.17) is 0 Å². The van der Waals surface area contributed by atoms with Crippen LogP contribution in [0.2, 0.25) is 0 Å². The van der Waals surface area contributed by atoms with Crippen LogP contribution in [0.4, 0.5) is 0 Å². The lowest BCUT2D eigenvalue weighted by Crippen LogP contribution is -2.63. The minimum Gasteiger partial charge on any atom is -0.477 e. The molecule has 2 amide bonds. The van der Waals surface area contributed by atoms with Gasteiger partial charge in [-0.15, -0.1) is 11.8 Å². The predicted molar refractivity (Wildman–Crippen MR) is 130 cm³/mol. The van der Waals surface area contributed by atoms with Gasteiger partial charge in [-0.2, -0.15) is 0 Å². The Kier molecular flexibility index (Phi) is 6.81. The number of carboxylic acid groups (broad SMARTS) is 1. The van der Waals surface area contributed by atoms with Gasteiger partial charge in [0.25, 0.3) is 0 Å². The number of fused-ring (bicyclic) bond motifs is 1. The topological polar surface area (TPSA) is 101 Å². The van der Waals surface area contributed by atoms with Crippen molar-refractivity contribution in [3.05, 3.63) is 46.0 Å². The highest BCUT2D eigenvalue weighted by atomic mass is 32.2. The van der Waals surface area contributed by atoms with E-state index in [0.717, 1.165) is 5.56 Å². The fourth-order valence-electron chi connectivity index (χ4n) is 5.46. The maximum absolute atomic E-state index is 13.0. The maximum Gasteiger partial charge on any atom is 0.353 e. The van der Waals surface area contributed by atoms with Gasteiger partial charge in [-0.05, 0) is 25.8 Å². The molecule has 0 aliphatic carbocycles. The van der Waals surface area contributed by atoms with E-state index in [0.29, 0.717) is 24.4 Å². The lowest BCUT2D eigenvalue weighted by atomic mass is 9.79. The number of likely N-dealkylation sites (N-methyl/N-ethyl adjacent to an activating group) is 1. The fraction of sp³-hybridized carbons (Fsp3) is 0.560. The number of aliphatic carboxylic acids is 1. The van der Waals surface area contributed by atoms with Crippen molar-refractivity contribution in [2.45, 2.75) is 57.2 Å². The van der Waals surface area contributed by atoms with E-state index < -0.39 is 18.0 Å². The summed E-state index contributed by atoms with van der Waals surface area (Å²) in [6.45, 7) is 6.83. The maximum atomic E-state index is 13.0. The molecule has 9 heteroatoms. The van der Waals surface area contributed by atoms with Gasteiger partial charge in [0.15, 0.2) is 0 Å². The van der Waals surface area contributed by atoms with Crippen molar-refractivity contribution in [1.29, 1.82) is 0 Å². The largest absolute Gasteiger partial charge is 0.477 e. The predicted octanol–water partition coefficient (Wildman–Crippen LogP) is 1.91. The first-order valence-corrected chi connectivity index (χ1v) is 12.5. The summed E-state index contributed by atoms with van der Waals surface area (Å²) in [5.74, 6) is -2.16. The van der Waals surface area contributed by atoms with Gasteiger partial charge >= 0.3 is 5.97 Å². The Morgan fingerprint density at radius 1 is 1.24 bits per heavy atom. The van der Waals surface area contributed by atoms with Crippen molar-refractivity contribution in [1.82, 2.24) is 14.7 Å². The molecular formula is C25H33N3O5S. The molecule has 3 aliphatic rings. The molecule has 0 bridgehead atoms. The summed E-state index contributed by atoms with van der Waals surface area (Å²) >= 11 is 1.48. The molecule has 3 aliphatic heterocycles. The van der Waals surface area contributed by atoms with Crippen LogP contribution in [0, 0.1) is 18.8 Å². The first-order valence-electron chi connectivity index (χ1n) is 11.7. The number of aliphatic hydroxyl groups is 1. The van der Waals surface area contributed by atoms with Crippen LogP contribution in [0.25, 0.3) is 0 Å². The van der Waals surface area contributed by atoms with Gasteiger partial charge in [0.1, 0.15) is 5.70 Å². The number of hydrogen-bond donors (Lipinski definition) is 2. The minimum absolute atomic E-state index is 0.0185. The summed E-state index contributed by atoms with van der Waals surface area (Å²) in [5, 5.41) is 20.0. The number of thioether (sulfide) groups is 1. The molecule has 34 heavy (non-hydrogen) atoms. The number of β-lactam (4-membered cyclic amide) rings is 1. The second-order valence-electron chi connectivity index (χ2n) is 9.91. The summed E-state index contributed by atoms with van der Waals surface area (Å²) in [6, 6.07) is 7.65. The second-order valence-corrected chi connectivity index (χ2v) is 11.3. The summed E-state index contributed by atoms with van der Waals surface area (Å²) in [6.07, 6.45) is -0.219. The zero-order valence-electron chi connectivity index (χ0n) is 20.3. The molecule has 2 saturated heterocycles. The Labute approximate surface area is 204 Å². The lowest BCUT2D eigenvalue weighted by Gasteiger charge is -2.46. The molecule has 4 rings (SSSR count). The summed E-state index contributed by atoms with van der Waals surface area (Å²) in [5.41, 5.74) is 2.34. The molecule has 0 aromatic heterocycles. The van der Waals surface area contributed by atoms with E-state index in [2.05, 4.69) is 29.2 Å². The molecular weight excluding hydrogens is 454 g/mol. The number of aryl methyl sites for hydroxylation is 1. The molecule has 1 aromatic carbocycles. The van der Waals surface area contributed by atoms with Crippen LogP contribution in [-0.2, 0) is 20.9 Å². The van der Waals surface area contributed by atoms with Gasteiger partial charge in [0.2, 0.25) is 11.8 Å². The highest BCUT2D eigenvalue weighted by Gasteiger charge is 2.60. The number of rotatable bonds is 7. The summed E-state index contributed by atoms with van der Waals surface area (Å²) in [7, 11) is 3.51. The van der Waals surface area contributed by atoms with Crippen molar-refractivity contribution < 1.29 is 24.6 Å². The Morgan fingerprint density at radius 3 is 2.44 bits per heavy atom. The number of carboxylic acids is 1. The van der Waals surface area contributed by atoms with Gasteiger partial charge in [0.05, 0.1) is 24.1 Å². The summed E-state index contributed by atoms with van der Waals surface area (Å²) in [4.78, 5) is 43.6. The number of nitrogens with zero attached hydrogens (tertiary/aromatic N) is 3. The third kappa shape index (κ3) is 4.25. The molecule has 6 atom stereocenters. The number of amides is 2. The van der Waals surface area contributed by atoms with Crippen molar-refractivity contribution >= 4 is 29.5 Å². The number of hydrogen-bond acceptors (Lipinski definition) is 6. The number of benzene rings is 1. The van der Waals surface area contributed by atoms with Gasteiger partial charge in [-0.25, -0.2) is 4.79 Å². The van der Waals surface area contributed by atoms with Crippen LogP contribution >= 0.6 is 11.8 Å². The van der Waals surface area contributed by atoms with Crippen LogP contribution in [-0.4, -0.2) is 86.8 Å². The van der Waals surface area contributed by atoms with Crippen molar-refractivity contribution in [2.24, 2.45) is 11.8 Å². The van der Waals surface area contributed by atoms with Crippen molar-refractivity contribution in [3.63, 3.8) is 0 Å². The average Bonchev–Trinajstić information content (AvgIpc) is 3.26. The van der Waals surface area contributed by atoms with Crippen LogP contribution in [0.15, 0.2) is 34.9 Å². The Balaban J connectivity index is 1.57. The van der Waals surface area contributed by atoms with Gasteiger partial charge in [-0.1, -0.05) is 36.8 Å². The Morgan fingerprint density at radius 2 is 1.88 bits per heavy atom. The summed E-state index contributed by atoms with van der Waals surface area (Å²) < 4.78 is 0. The molecule has 184 valence electrons. The highest BCUT2D eigenvalue weighted by Crippen LogP contribution is 2.52. The minimum atomic E-state index is -1.12. The molecule has 2 fully saturated rings. The van der Waals surface area contributed by atoms with Crippen LogP contribution in [0.5, 0.6) is 0 Å². The molecule has 0 spiro atoms. The molecule has 0 radical (unpaired) electrons. The third-order valence-electron chi connectivity index (χ3n) is 7.20. The van der Waals surface area contributed by atoms with E-state index in [1.807, 2.05) is 13.8 Å². The van der Waals surface area contributed by atoms with E-state index in [-0.39, 0.29) is 40.8 Å².